The zero-order valence-corrected chi connectivity index (χ0v) is 13.4. The number of ether oxygens (including phenoxy) is 1. The molecule has 1 aromatic heterocycles. The molecule has 23 heavy (non-hydrogen) atoms. The summed E-state index contributed by atoms with van der Waals surface area (Å²) in [4.78, 5) is 14.0. The van der Waals surface area contributed by atoms with Gasteiger partial charge in [0.15, 0.2) is 0 Å². The number of hydrogen-bond acceptors (Lipinski definition) is 4. The molecule has 122 valence electrons. The van der Waals surface area contributed by atoms with Gasteiger partial charge >= 0.3 is 5.63 Å². The second kappa shape index (κ2) is 6.36. The Kier molecular flexibility index (Phi) is 4.08. The van der Waals surface area contributed by atoms with Gasteiger partial charge in [0.1, 0.15) is 11.3 Å². The third-order valence-electron chi connectivity index (χ3n) is 5.29. The van der Waals surface area contributed by atoms with Crippen LogP contribution in [0.25, 0.3) is 11.0 Å². The van der Waals surface area contributed by atoms with Crippen LogP contribution in [0.15, 0.2) is 39.5 Å². The molecule has 0 saturated carbocycles. The van der Waals surface area contributed by atoms with Crippen LogP contribution in [0, 0.1) is 5.92 Å². The largest absolute Gasteiger partial charge is 0.493 e. The van der Waals surface area contributed by atoms with Crippen LogP contribution in [-0.4, -0.2) is 30.6 Å². The lowest BCUT2D eigenvalue weighted by molar-refractivity contribution is 0.0366. The number of benzene rings is 1. The molecule has 0 bridgehead atoms. The molecule has 4 heteroatoms. The Bertz CT molecular complexity index is 737. The SMILES string of the molecule is O=c1ccc2ccc(OCC3CCCN4CCCCC34)cc2o1. The molecule has 2 fully saturated rings. The minimum atomic E-state index is -0.320. The Hall–Kier alpha value is -1.81. The van der Waals surface area contributed by atoms with Crippen molar-refractivity contribution in [3.63, 3.8) is 0 Å². The van der Waals surface area contributed by atoms with E-state index in [1.54, 1.807) is 6.07 Å². The van der Waals surface area contributed by atoms with Gasteiger partial charge in [0.2, 0.25) is 0 Å². The van der Waals surface area contributed by atoms with Gasteiger partial charge in [0.25, 0.3) is 0 Å². The standard InChI is InChI=1S/C19H23NO3/c21-19-9-7-14-6-8-16(12-18(14)23-19)22-13-15-4-3-11-20-10-2-1-5-17(15)20/h6-9,12,15,17H,1-5,10-11,13H2. The third-order valence-corrected chi connectivity index (χ3v) is 5.29. The lowest BCUT2D eigenvalue weighted by Crippen LogP contribution is -2.49. The first-order valence-electron chi connectivity index (χ1n) is 8.70. The van der Waals surface area contributed by atoms with Crippen molar-refractivity contribution in [2.24, 2.45) is 5.92 Å². The van der Waals surface area contributed by atoms with Gasteiger partial charge in [-0.05, 0) is 57.0 Å². The predicted octanol–water partition coefficient (Wildman–Crippen LogP) is 3.44. The summed E-state index contributed by atoms with van der Waals surface area (Å²) in [5, 5.41) is 0.924. The van der Waals surface area contributed by atoms with E-state index in [-0.39, 0.29) is 5.63 Å². The molecule has 0 N–H and O–H groups in total. The second-order valence-corrected chi connectivity index (χ2v) is 6.77. The van der Waals surface area contributed by atoms with Gasteiger partial charge in [0, 0.05) is 29.5 Å². The summed E-state index contributed by atoms with van der Waals surface area (Å²) in [7, 11) is 0. The molecule has 2 aliphatic heterocycles. The van der Waals surface area contributed by atoms with E-state index in [1.807, 2.05) is 18.2 Å². The molecule has 3 heterocycles. The molecule has 2 aromatic rings. The van der Waals surface area contributed by atoms with Crippen LogP contribution in [0.4, 0.5) is 0 Å². The average molecular weight is 313 g/mol. The van der Waals surface area contributed by atoms with E-state index in [9.17, 15) is 4.79 Å². The van der Waals surface area contributed by atoms with Crippen molar-refractivity contribution in [1.82, 2.24) is 4.90 Å². The summed E-state index contributed by atoms with van der Waals surface area (Å²) in [5.41, 5.74) is 0.276. The maximum atomic E-state index is 11.3. The summed E-state index contributed by atoms with van der Waals surface area (Å²) >= 11 is 0. The molecule has 4 nitrogen and oxygen atoms in total. The number of nitrogens with zero attached hydrogens (tertiary/aromatic N) is 1. The number of piperidine rings is 2. The quantitative estimate of drug-likeness (QED) is 0.814. The first-order valence-corrected chi connectivity index (χ1v) is 8.70. The van der Waals surface area contributed by atoms with Crippen molar-refractivity contribution in [3.05, 3.63) is 40.8 Å². The van der Waals surface area contributed by atoms with E-state index in [1.165, 1.54) is 51.3 Å². The third kappa shape index (κ3) is 3.13. The van der Waals surface area contributed by atoms with Crippen LogP contribution >= 0.6 is 0 Å². The lowest BCUT2D eigenvalue weighted by Gasteiger charge is -2.44. The van der Waals surface area contributed by atoms with Crippen LogP contribution in [-0.2, 0) is 0 Å². The van der Waals surface area contributed by atoms with Gasteiger partial charge in [-0.2, -0.15) is 0 Å². The topological polar surface area (TPSA) is 42.7 Å². The van der Waals surface area contributed by atoms with Crippen molar-refractivity contribution in [3.8, 4) is 5.75 Å². The molecule has 0 radical (unpaired) electrons. The Labute approximate surface area is 136 Å². The van der Waals surface area contributed by atoms with Gasteiger partial charge in [-0.3, -0.25) is 4.90 Å². The summed E-state index contributed by atoms with van der Waals surface area (Å²) in [6.45, 7) is 3.26. The minimum absolute atomic E-state index is 0.320. The first kappa shape index (κ1) is 14.8. The van der Waals surface area contributed by atoms with Crippen LogP contribution in [0.2, 0.25) is 0 Å². The van der Waals surface area contributed by atoms with Crippen molar-refractivity contribution in [2.75, 3.05) is 19.7 Å². The normalized spacial score (nSPS) is 25.2. The Morgan fingerprint density at radius 2 is 1.96 bits per heavy atom. The van der Waals surface area contributed by atoms with Crippen LogP contribution in [0.1, 0.15) is 32.1 Å². The average Bonchev–Trinajstić information content (AvgIpc) is 2.59. The fraction of sp³-hybridized carbons (Fsp3) is 0.526. The van der Waals surface area contributed by atoms with Crippen molar-refractivity contribution in [1.29, 1.82) is 0 Å². The van der Waals surface area contributed by atoms with Gasteiger partial charge in [-0.25, -0.2) is 4.79 Å². The van der Waals surface area contributed by atoms with Gasteiger partial charge < -0.3 is 9.15 Å². The number of hydrogen-bond donors (Lipinski definition) is 0. The second-order valence-electron chi connectivity index (χ2n) is 6.77. The maximum Gasteiger partial charge on any atom is 0.336 e. The predicted molar refractivity (Wildman–Crippen MR) is 89.9 cm³/mol. The summed E-state index contributed by atoms with van der Waals surface area (Å²) < 4.78 is 11.3. The highest BCUT2D eigenvalue weighted by molar-refractivity contribution is 5.77. The van der Waals surface area contributed by atoms with Crippen molar-refractivity contribution < 1.29 is 9.15 Å². The summed E-state index contributed by atoms with van der Waals surface area (Å²) in [6.07, 6.45) is 6.52. The van der Waals surface area contributed by atoms with Crippen LogP contribution in [0.3, 0.4) is 0 Å². The van der Waals surface area contributed by atoms with Gasteiger partial charge in [-0.1, -0.05) is 6.42 Å². The van der Waals surface area contributed by atoms with E-state index < -0.39 is 0 Å². The highest BCUT2D eigenvalue weighted by Crippen LogP contribution is 2.31. The summed E-state index contributed by atoms with van der Waals surface area (Å²) in [6, 6.07) is 9.66. The lowest BCUT2D eigenvalue weighted by atomic mass is 9.84. The number of fused-ring (bicyclic) bond motifs is 2. The van der Waals surface area contributed by atoms with Gasteiger partial charge in [-0.15, -0.1) is 0 Å². The molecular weight excluding hydrogens is 290 g/mol. The van der Waals surface area contributed by atoms with Crippen LogP contribution in [0.5, 0.6) is 5.75 Å². The summed E-state index contributed by atoms with van der Waals surface area (Å²) in [5.74, 6) is 1.40. The van der Waals surface area contributed by atoms with E-state index in [0.717, 1.165) is 17.7 Å². The molecule has 0 amide bonds. The monoisotopic (exact) mass is 313 g/mol. The Morgan fingerprint density at radius 1 is 1.09 bits per heavy atom. The van der Waals surface area contributed by atoms with Gasteiger partial charge in [0.05, 0.1) is 6.61 Å². The fourth-order valence-corrected chi connectivity index (χ4v) is 4.11. The van der Waals surface area contributed by atoms with E-state index >= 15 is 0 Å². The smallest absolute Gasteiger partial charge is 0.336 e. The highest BCUT2D eigenvalue weighted by atomic mass is 16.5. The van der Waals surface area contributed by atoms with Crippen molar-refractivity contribution >= 4 is 11.0 Å². The Balaban J connectivity index is 1.46. The highest BCUT2D eigenvalue weighted by Gasteiger charge is 2.33. The molecular formula is C19H23NO3. The first-order chi connectivity index (χ1) is 11.3. The molecule has 0 spiro atoms. The molecule has 1 aromatic carbocycles. The van der Waals surface area contributed by atoms with E-state index in [0.29, 0.717) is 17.5 Å². The molecule has 2 aliphatic rings. The zero-order chi connectivity index (χ0) is 15.6. The molecule has 2 saturated heterocycles. The van der Waals surface area contributed by atoms with E-state index in [4.69, 9.17) is 9.15 Å². The van der Waals surface area contributed by atoms with E-state index in [2.05, 4.69) is 4.90 Å². The Morgan fingerprint density at radius 3 is 2.91 bits per heavy atom. The molecule has 2 unspecified atom stereocenters. The zero-order valence-electron chi connectivity index (χ0n) is 13.4. The molecule has 4 rings (SSSR count). The number of rotatable bonds is 3. The van der Waals surface area contributed by atoms with Crippen molar-refractivity contribution in [2.45, 2.75) is 38.1 Å². The minimum Gasteiger partial charge on any atom is -0.493 e. The molecule has 2 atom stereocenters. The molecule has 0 aliphatic carbocycles. The maximum absolute atomic E-state index is 11.3. The van der Waals surface area contributed by atoms with Crippen LogP contribution < -0.4 is 10.4 Å². The fourth-order valence-electron chi connectivity index (χ4n) is 4.11.